The summed E-state index contributed by atoms with van der Waals surface area (Å²) in [7, 11) is 0. The predicted octanol–water partition coefficient (Wildman–Crippen LogP) is 2.19. The summed E-state index contributed by atoms with van der Waals surface area (Å²) in [6.07, 6.45) is 1.46. The number of rotatable bonds is 6. The van der Waals surface area contributed by atoms with Crippen molar-refractivity contribution >= 4 is 22.8 Å². The van der Waals surface area contributed by atoms with Crippen molar-refractivity contribution in [3.05, 3.63) is 36.0 Å². The first-order valence-electron chi connectivity index (χ1n) is 8.68. The van der Waals surface area contributed by atoms with Crippen LogP contribution in [0.5, 0.6) is 0 Å². The number of carbonyl (C=O) groups excluding carboxylic acids is 1. The van der Waals surface area contributed by atoms with Crippen molar-refractivity contribution in [2.75, 3.05) is 19.8 Å². The Bertz CT molecular complexity index is 762. The smallest absolute Gasteiger partial charge is 0.308 e. The van der Waals surface area contributed by atoms with Crippen molar-refractivity contribution in [3.63, 3.8) is 0 Å². The molecule has 6 nitrogen and oxygen atoms in total. The first kappa shape index (κ1) is 17.5. The maximum Gasteiger partial charge on any atom is 0.308 e. The van der Waals surface area contributed by atoms with Crippen LogP contribution in [0.25, 0.3) is 10.9 Å². The van der Waals surface area contributed by atoms with Gasteiger partial charge in [0.25, 0.3) is 0 Å². The minimum atomic E-state index is -0.852. The van der Waals surface area contributed by atoms with E-state index in [9.17, 15) is 14.7 Å². The fraction of sp³-hybridized carbons (Fsp3) is 0.474. The van der Waals surface area contributed by atoms with E-state index >= 15 is 0 Å². The van der Waals surface area contributed by atoms with Gasteiger partial charge in [0.2, 0.25) is 5.91 Å². The van der Waals surface area contributed by atoms with Crippen molar-refractivity contribution in [3.8, 4) is 0 Å². The first-order valence-corrected chi connectivity index (χ1v) is 8.68. The van der Waals surface area contributed by atoms with Crippen molar-refractivity contribution in [2.45, 2.75) is 26.3 Å². The van der Waals surface area contributed by atoms with Crippen LogP contribution in [0, 0.1) is 18.8 Å². The second-order valence-electron chi connectivity index (χ2n) is 6.63. The lowest BCUT2D eigenvalue weighted by Crippen LogP contribution is -2.40. The van der Waals surface area contributed by atoms with E-state index in [-0.39, 0.29) is 24.9 Å². The molecule has 2 aromatic rings. The number of aromatic nitrogens is 1. The van der Waals surface area contributed by atoms with Gasteiger partial charge in [0.05, 0.1) is 5.92 Å². The molecule has 1 aromatic carbocycles. The monoisotopic (exact) mass is 344 g/mol. The lowest BCUT2D eigenvalue weighted by Gasteiger charge is -2.27. The number of para-hydroxylation sites is 1. The standard InChI is InChI=1S/C19H24N2O4/c1-13-10-15-4-2-3-5-17(15)21(13)12-18(22)20-11-16(19(23)24)14-6-8-25-9-7-14/h2-5,10,14,16H,6-9,11-12H2,1H3,(H,20,22)(H,23,24). The number of aliphatic carboxylic acids is 1. The minimum absolute atomic E-state index is 0.0562. The molecule has 0 saturated carbocycles. The summed E-state index contributed by atoms with van der Waals surface area (Å²) in [5, 5.41) is 13.4. The van der Waals surface area contributed by atoms with Crippen LogP contribution in [0.2, 0.25) is 0 Å². The van der Waals surface area contributed by atoms with Gasteiger partial charge in [-0.25, -0.2) is 0 Å². The molecular formula is C19H24N2O4. The number of fused-ring (bicyclic) bond motifs is 1. The molecule has 2 heterocycles. The maximum atomic E-state index is 12.4. The molecule has 0 spiro atoms. The number of benzene rings is 1. The highest BCUT2D eigenvalue weighted by Gasteiger charge is 2.30. The normalized spacial score (nSPS) is 16.7. The molecule has 0 radical (unpaired) electrons. The summed E-state index contributed by atoms with van der Waals surface area (Å²) in [5.41, 5.74) is 2.02. The molecule has 1 saturated heterocycles. The van der Waals surface area contributed by atoms with E-state index in [0.717, 1.165) is 29.4 Å². The summed E-state index contributed by atoms with van der Waals surface area (Å²) in [5.74, 6) is -1.52. The fourth-order valence-corrected chi connectivity index (χ4v) is 3.56. The van der Waals surface area contributed by atoms with Crippen LogP contribution in [-0.4, -0.2) is 41.3 Å². The van der Waals surface area contributed by atoms with Gasteiger partial charge in [-0.15, -0.1) is 0 Å². The average Bonchev–Trinajstić information content (AvgIpc) is 2.91. The van der Waals surface area contributed by atoms with E-state index in [0.29, 0.717) is 13.2 Å². The summed E-state index contributed by atoms with van der Waals surface area (Å²) in [6.45, 7) is 3.51. The summed E-state index contributed by atoms with van der Waals surface area (Å²) in [4.78, 5) is 23.9. The largest absolute Gasteiger partial charge is 0.481 e. The van der Waals surface area contributed by atoms with Crippen LogP contribution in [0.15, 0.2) is 30.3 Å². The lowest BCUT2D eigenvalue weighted by atomic mass is 9.86. The minimum Gasteiger partial charge on any atom is -0.481 e. The number of carboxylic acid groups (broad SMARTS) is 1. The van der Waals surface area contributed by atoms with E-state index in [4.69, 9.17) is 4.74 Å². The molecule has 1 amide bonds. The number of aryl methyl sites for hydroxylation is 1. The van der Waals surface area contributed by atoms with Crippen LogP contribution in [0.1, 0.15) is 18.5 Å². The third-order valence-corrected chi connectivity index (χ3v) is 4.99. The van der Waals surface area contributed by atoms with E-state index in [1.807, 2.05) is 41.8 Å². The molecule has 25 heavy (non-hydrogen) atoms. The number of carboxylic acids is 1. The quantitative estimate of drug-likeness (QED) is 0.842. The Morgan fingerprint density at radius 2 is 2.04 bits per heavy atom. The van der Waals surface area contributed by atoms with Gasteiger partial charge in [-0.1, -0.05) is 18.2 Å². The molecule has 1 aliphatic heterocycles. The summed E-state index contributed by atoms with van der Waals surface area (Å²) < 4.78 is 7.25. The van der Waals surface area contributed by atoms with Gasteiger partial charge in [0, 0.05) is 31.0 Å². The SMILES string of the molecule is Cc1cc2ccccc2n1CC(=O)NCC(C(=O)O)C1CCOCC1. The molecule has 1 fully saturated rings. The van der Waals surface area contributed by atoms with Gasteiger partial charge in [0.1, 0.15) is 6.54 Å². The third-order valence-electron chi connectivity index (χ3n) is 4.99. The van der Waals surface area contributed by atoms with Crippen molar-refractivity contribution in [1.29, 1.82) is 0 Å². The van der Waals surface area contributed by atoms with Gasteiger partial charge < -0.3 is 19.7 Å². The molecule has 0 aliphatic carbocycles. The number of ether oxygens (including phenoxy) is 1. The zero-order valence-electron chi connectivity index (χ0n) is 14.4. The van der Waals surface area contributed by atoms with E-state index in [1.165, 1.54) is 0 Å². The van der Waals surface area contributed by atoms with E-state index in [1.54, 1.807) is 0 Å². The predicted molar refractivity (Wildman–Crippen MR) is 94.4 cm³/mol. The van der Waals surface area contributed by atoms with Crippen LogP contribution < -0.4 is 5.32 Å². The molecule has 0 bridgehead atoms. The molecule has 2 N–H and O–H groups in total. The Morgan fingerprint density at radius 3 is 2.76 bits per heavy atom. The molecule has 1 aliphatic rings. The van der Waals surface area contributed by atoms with Crippen LogP contribution in [0.3, 0.4) is 0 Å². The summed E-state index contributed by atoms with van der Waals surface area (Å²) in [6, 6.07) is 9.96. The Balaban J connectivity index is 1.63. The molecule has 134 valence electrons. The number of nitrogens with one attached hydrogen (secondary N) is 1. The highest BCUT2D eigenvalue weighted by molar-refractivity contribution is 5.84. The van der Waals surface area contributed by atoms with Gasteiger partial charge in [-0.05, 0) is 43.2 Å². The molecule has 1 unspecified atom stereocenters. The maximum absolute atomic E-state index is 12.4. The molecule has 1 aromatic heterocycles. The van der Waals surface area contributed by atoms with Crippen LogP contribution >= 0.6 is 0 Å². The Kier molecular flexibility index (Phi) is 5.38. The first-order chi connectivity index (χ1) is 12.1. The van der Waals surface area contributed by atoms with Crippen LogP contribution in [0.4, 0.5) is 0 Å². The van der Waals surface area contributed by atoms with Gasteiger partial charge >= 0.3 is 5.97 Å². The van der Waals surface area contributed by atoms with Gasteiger partial charge in [0.15, 0.2) is 0 Å². The van der Waals surface area contributed by atoms with Crippen LogP contribution in [-0.2, 0) is 20.9 Å². The number of nitrogens with zero attached hydrogens (tertiary/aromatic N) is 1. The number of hydrogen-bond acceptors (Lipinski definition) is 3. The number of hydrogen-bond donors (Lipinski definition) is 2. The van der Waals surface area contributed by atoms with Gasteiger partial charge in [-0.2, -0.15) is 0 Å². The van der Waals surface area contributed by atoms with Crippen molar-refractivity contribution in [1.82, 2.24) is 9.88 Å². The number of amides is 1. The number of carbonyl (C=O) groups is 2. The lowest BCUT2D eigenvalue weighted by molar-refractivity contribution is -0.145. The Morgan fingerprint density at radius 1 is 1.32 bits per heavy atom. The van der Waals surface area contributed by atoms with Crippen molar-refractivity contribution in [2.24, 2.45) is 11.8 Å². The van der Waals surface area contributed by atoms with E-state index in [2.05, 4.69) is 5.32 Å². The molecule has 6 heteroatoms. The zero-order valence-corrected chi connectivity index (χ0v) is 14.4. The molecule has 3 rings (SSSR count). The fourth-order valence-electron chi connectivity index (χ4n) is 3.56. The Labute approximate surface area is 146 Å². The Hall–Kier alpha value is -2.34. The second-order valence-corrected chi connectivity index (χ2v) is 6.63. The highest BCUT2D eigenvalue weighted by atomic mass is 16.5. The zero-order chi connectivity index (χ0) is 17.8. The summed E-state index contributed by atoms with van der Waals surface area (Å²) >= 11 is 0. The molecule has 1 atom stereocenters. The highest BCUT2D eigenvalue weighted by Crippen LogP contribution is 2.24. The molecular weight excluding hydrogens is 320 g/mol. The average molecular weight is 344 g/mol. The second kappa shape index (κ2) is 7.70. The third kappa shape index (κ3) is 4.02. The van der Waals surface area contributed by atoms with Crippen molar-refractivity contribution < 1.29 is 19.4 Å². The van der Waals surface area contributed by atoms with E-state index < -0.39 is 11.9 Å². The topological polar surface area (TPSA) is 80.6 Å². The van der Waals surface area contributed by atoms with Gasteiger partial charge in [-0.3, -0.25) is 9.59 Å².